The molecule has 1 aliphatic rings. The van der Waals surface area contributed by atoms with Gasteiger partial charge in [0.05, 0.1) is 29.6 Å². The van der Waals surface area contributed by atoms with E-state index in [-0.39, 0.29) is 11.1 Å². The molecule has 3 aromatic rings. The lowest BCUT2D eigenvalue weighted by atomic mass is 10.0. The van der Waals surface area contributed by atoms with E-state index in [1.54, 1.807) is 12.1 Å². The average Bonchev–Trinajstić information content (AvgIpc) is 3.06. The number of nitrogens with zero attached hydrogens (tertiary/aromatic N) is 1. The van der Waals surface area contributed by atoms with Crippen LogP contribution in [0, 0.1) is 0 Å². The molecule has 0 saturated carbocycles. The predicted molar refractivity (Wildman–Crippen MR) is 118 cm³/mol. The molecule has 0 unspecified atom stereocenters. The highest BCUT2D eigenvalue weighted by molar-refractivity contribution is 6.27. The first kappa shape index (κ1) is 20.2. The number of amides is 2. The highest BCUT2D eigenvalue weighted by Crippen LogP contribution is 2.38. The maximum absolute atomic E-state index is 13.3. The Morgan fingerprint density at radius 1 is 0.774 bits per heavy atom. The fourth-order valence-electron chi connectivity index (χ4n) is 3.57. The van der Waals surface area contributed by atoms with Gasteiger partial charge in [0.1, 0.15) is 6.04 Å². The molecule has 4 rings (SSSR count). The molecule has 0 radical (unpaired) electrons. The van der Waals surface area contributed by atoms with E-state index in [0.29, 0.717) is 11.4 Å². The van der Waals surface area contributed by atoms with Crippen molar-refractivity contribution in [2.75, 3.05) is 17.7 Å². The number of anilines is 4. The number of hydrogen-bond acceptors (Lipinski definition) is 6. The topological polar surface area (TPSA) is 87.7 Å². The Bertz CT molecular complexity index is 1070. The van der Waals surface area contributed by atoms with Crippen molar-refractivity contribution < 1.29 is 19.1 Å². The second-order valence-electron chi connectivity index (χ2n) is 7.07. The summed E-state index contributed by atoms with van der Waals surface area (Å²) in [6.07, 6.45) is 0. The maximum atomic E-state index is 13.3. The summed E-state index contributed by atoms with van der Waals surface area (Å²) in [6, 6.07) is 21.1. The molecule has 3 aromatic carbocycles. The standard InChI is InChI=1S/C24H21N3O4/c1-15(24(30)31-2)27-22(28)20-18(25-16-9-5-3-6-10-16)13-14-19(21(20)23(27)29)26-17-11-7-4-8-12-17/h3-15,25-26H,1-2H3/t15-/m0/s1. The number of hydrogen-bond donors (Lipinski definition) is 2. The lowest BCUT2D eigenvalue weighted by Crippen LogP contribution is -2.43. The number of carbonyl (C=O) groups excluding carboxylic acids is 3. The van der Waals surface area contributed by atoms with E-state index in [4.69, 9.17) is 4.74 Å². The number of esters is 1. The molecular weight excluding hydrogens is 394 g/mol. The van der Waals surface area contributed by atoms with Gasteiger partial charge in [-0.3, -0.25) is 14.5 Å². The molecule has 156 valence electrons. The largest absolute Gasteiger partial charge is 0.467 e. The van der Waals surface area contributed by atoms with Crippen LogP contribution in [-0.4, -0.2) is 35.8 Å². The first-order valence-corrected chi connectivity index (χ1v) is 9.78. The monoisotopic (exact) mass is 415 g/mol. The molecule has 0 aliphatic carbocycles. The number of rotatable bonds is 6. The summed E-state index contributed by atoms with van der Waals surface area (Å²) >= 11 is 0. The highest BCUT2D eigenvalue weighted by Gasteiger charge is 2.44. The molecule has 1 heterocycles. The zero-order valence-corrected chi connectivity index (χ0v) is 17.1. The van der Waals surface area contributed by atoms with Crippen LogP contribution < -0.4 is 10.6 Å². The van der Waals surface area contributed by atoms with Crippen LogP contribution in [0.1, 0.15) is 27.6 Å². The van der Waals surface area contributed by atoms with E-state index in [1.165, 1.54) is 14.0 Å². The van der Waals surface area contributed by atoms with Crippen LogP contribution in [0.2, 0.25) is 0 Å². The van der Waals surface area contributed by atoms with Gasteiger partial charge in [0.15, 0.2) is 0 Å². The lowest BCUT2D eigenvalue weighted by Gasteiger charge is -2.20. The van der Waals surface area contributed by atoms with Crippen LogP contribution in [0.3, 0.4) is 0 Å². The molecule has 1 aliphatic heterocycles. The summed E-state index contributed by atoms with van der Waals surface area (Å²) in [4.78, 5) is 39.7. The summed E-state index contributed by atoms with van der Waals surface area (Å²) in [5.74, 6) is -1.76. The lowest BCUT2D eigenvalue weighted by molar-refractivity contribution is -0.144. The zero-order chi connectivity index (χ0) is 22.0. The number of ether oxygens (including phenoxy) is 1. The number of methoxy groups -OCH3 is 1. The second-order valence-corrected chi connectivity index (χ2v) is 7.07. The van der Waals surface area contributed by atoms with E-state index in [1.807, 2.05) is 60.7 Å². The molecule has 7 heteroatoms. The summed E-state index contributed by atoms with van der Waals surface area (Å²) in [5, 5.41) is 6.41. The van der Waals surface area contributed by atoms with Gasteiger partial charge in [0, 0.05) is 11.4 Å². The number of fused-ring (bicyclic) bond motifs is 1. The third kappa shape index (κ3) is 3.73. The smallest absolute Gasteiger partial charge is 0.328 e. The number of carbonyl (C=O) groups is 3. The first-order chi connectivity index (χ1) is 15.0. The van der Waals surface area contributed by atoms with Gasteiger partial charge >= 0.3 is 5.97 Å². The predicted octanol–water partition coefficient (Wildman–Crippen LogP) is 4.33. The van der Waals surface area contributed by atoms with Gasteiger partial charge in [-0.15, -0.1) is 0 Å². The fourth-order valence-corrected chi connectivity index (χ4v) is 3.57. The van der Waals surface area contributed by atoms with Crippen LogP contribution in [0.4, 0.5) is 22.7 Å². The number of nitrogens with one attached hydrogen (secondary N) is 2. The summed E-state index contributed by atoms with van der Waals surface area (Å²) in [7, 11) is 1.22. The maximum Gasteiger partial charge on any atom is 0.328 e. The third-order valence-electron chi connectivity index (χ3n) is 5.11. The summed E-state index contributed by atoms with van der Waals surface area (Å²) < 4.78 is 4.76. The Labute approximate surface area is 179 Å². The average molecular weight is 415 g/mol. The number of para-hydroxylation sites is 2. The van der Waals surface area contributed by atoms with Crippen LogP contribution >= 0.6 is 0 Å². The van der Waals surface area contributed by atoms with Crippen molar-refractivity contribution in [3.63, 3.8) is 0 Å². The molecule has 2 amide bonds. The van der Waals surface area contributed by atoms with Crippen molar-refractivity contribution >= 4 is 40.5 Å². The second kappa shape index (κ2) is 8.31. The Balaban J connectivity index is 1.81. The normalized spacial score (nSPS) is 13.5. The van der Waals surface area contributed by atoms with Gasteiger partial charge < -0.3 is 15.4 Å². The zero-order valence-electron chi connectivity index (χ0n) is 17.1. The van der Waals surface area contributed by atoms with Gasteiger partial charge in [0.25, 0.3) is 11.8 Å². The summed E-state index contributed by atoms with van der Waals surface area (Å²) in [5.41, 5.74) is 2.94. The van der Waals surface area contributed by atoms with Crippen molar-refractivity contribution in [2.45, 2.75) is 13.0 Å². The molecule has 0 bridgehead atoms. The molecular formula is C24H21N3O4. The van der Waals surface area contributed by atoms with Crippen LogP contribution in [0.5, 0.6) is 0 Å². The minimum absolute atomic E-state index is 0.213. The van der Waals surface area contributed by atoms with Crippen molar-refractivity contribution in [1.82, 2.24) is 4.90 Å². The van der Waals surface area contributed by atoms with Gasteiger partial charge in [0.2, 0.25) is 0 Å². The van der Waals surface area contributed by atoms with Crippen molar-refractivity contribution in [2.24, 2.45) is 0 Å². The van der Waals surface area contributed by atoms with Gasteiger partial charge in [-0.25, -0.2) is 4.79 Å². The SMILES string of the molecule is COC(=O)[C@H](C)N1C(=O)c2c(Nc3ccccc3)ccc(Nc3ccccc3)c2C1=O. The Morgan fingerprint density at radius 3 is 1.58 bits per heavy atom. The van der Waals surface area contributed by atoms with Gasteiger partial charge in [-0.1, -0.05) is 36.4 Å². The van der Waals surface area contributed by atoms with Crippen LogP contribution in [0.15, 0.2) is 72.8 Å². The minimum Gasteiger partial charge on any atom is -0.467 e. The molecule has 31 heavy (non-hydrogen) atoms. The van der Waals surface area contributed by atoms with Crippen LogP contribution in [-0.2, 0) is 9.53 Å². The van der Waals surface area contributed by atoms with Crippen molar-refractivity contribution in [3.8, 4) is 0 Å². The Hall–Kier alpha value is -4.13. The van der Waals surface area contributed by atoms with E-state index < -0.39 is 23.8 Å². The number of imide groups is 1. The third-order valence-corrected chi connectivity index (χ3v) is 5.11. The quantitative estimate of drug-likeness (QED) is 0.460. The number of benzene rings is 3. The minimum atomic E-state index is -1.05. The van der Waals surface area contributed by atoms with E-state index in [2.05, 4.69) is 10.6 Å². The van der Waals surface area contributed by atoms with Gasteiger partial charge in [-0.2, -0.15) is 0 Å². The molecule has 0 fully saturated rings. The van der Waals surface area contributed by atoms with Crippen molar-refractivity contribution in [1.29, 1.82) is 0 Å². The molecule has 0 saturated heterocycles. The van der Waals surface area contributed by atoms with Crippen molar-refractivity contribution in [3.05, 3.63) is 83.9 Å². The van der Waals surface area contributed by atoms with E-state index >= 15 is 0 Å². The summed E-state index contributed by atoms with van der Waals surface area (Å²) in [6.45, 7) is 1.47. The molecule has 7 nitrogen and oxygen atoms in total. The van der Waals surface area contributed by atoms with Gasteiger partial charge in [-0.05, 0) is 43.3 Å². The Kier molecular flexibility index (Phi) is 5.41. The molecule has 2 N–H and O–H groups in total. The molecule has 0 spiro atoms. The molecule has 0 aromatic heterocycles. The van der Waals surface area contributed by atoms with E-state index in [9.17, 15) is 14.4 Å². The first-order valence-electron chi connectivity index (χ1n) is 9.78. The van der Waals surface area contributed by atoms with E-state index in [0.717, 1.165) is 16.3 Å². The fraction of sp³-hybridized carbons (Fsp3) is 0.125. The molecule has 1 atom stereocenters. The van der Waals surface area contributed by atoms with Crippen LogP contribution in [0.25, 0.3) is 0 Å². The highest BCUT2D eigenvalue weighted by atomic mass is 16.5. The Morgan fingerprint density at radius 2 is 1.19 bits per heavy atom.